The maximum absolute atomic E-state index is 13.2. The van der Waals surface area contributed by atoms with Crippen molar-refractivity contribution in [3.63, 3.8) is 0 Å². The van der Waals surface area contributed by atoms with Gasteiger partial charge >= 0.3 is 0 Å². The van der Waals surface area contributed by atoms with Crippen LogP contribution in [0.5, 0.6) is 0 Å². The van der Waals surface area contributed by atoms with Crippen molar-refractivity contribution in [1.82, 2.24) is 14.6 Å². The Kier molecular flexibility index (Phi) is 5.66. The first-order valence-electron chi connectivity index (χ1n) is 11.4. The fraction of sp³-hybridized carbons (Fsp3) is 0.400. The molecule has 2 aromatic heterocycles. The molecule has 3 aromatic rings. The summed E-state index contributed by atoms with van der Waals surface area (Å²) >= 11 is 0. The van der Waals surface area contributed by atoms with E-state index in [2.05, 4.69) is 15.7 Å². The minimum absolute atomic E-state index is 0.00935. The number of hydrogen-bond donors (Lipinski definition) is 1. The lowest BCUT2D eigenvalue weighted by molar-refractivity contribution is -0.183. The molecule has 0 unspecified atom stereocenters. The average Bonchev–Trinajstić information content (AvgIpc) is 3.47. The van der Waals surface area contributed by atoms with Gasteiger partial charge in [0.05, 0.1) is 12.3 Å². The highest BCUT2D eigenvalue weighted by atomic mass is 16.7. The highest BCUT2D eigenvalue weighted by Crippen LogP contribution is 2.36. The van der Waals surface area contributed by atoms with Crippen LogP contribution in [0.15, 0.2) is 54.9 Å². The maximum atomic E-state index is 13.2. The van der Waals surface area contributed by atoms with Crippen molar-refractivity contribution in [2.75, 3.05) is 6.61 Å². The second-order valence-electron chi connectivity index (χ2n) is 8.88. The van der Waals surface area contributed by atoms with E-state index < -0.39 is 5.91 Å². The maximum Gasteiger partial charge on any atom is 0.249 e. The summed E-state index contributed by atoms with van der Waals surface area (Å²) < 4.78 is 2.24. The summed E-state index contributed by atoms with van der Waals surface area (Å²) in [5.41, 5.74) is 7.93. The van der Waals surface area contributed by atoms with Crippen molar-refractivity contribution >= 4 is 22.7 Å². The molecule has 1 aliphatic heterocycles. The number of aromatic nitrogens is 2. The first-order chi connectivity index (χ1) is 15.6. The first-order valence-corrected chi connectivity index (χ1v) is 11.4. The molecular weight excluding hydrogens is 404 g/mol. The molecular formula is C25H28N4O3. The minimum Gasteiger partial charge on any atom is -0.366 e. The monoisotopic (exact) mass is 432 g/mol. The number of primary amides is 1. The van der Waals surface area contributed by atoms with Gasteiger partial charge in [0.25, 0.3) is 0 Å². The van der Waals surface area contributed by atoms with Gasteiger partial charge in [-0.2, -0.15) is 0 Å². The van der Waals surface area contributed by atoms with Gasteiger partial charge in [-0.1, -0.05) is 6.07 Å². The van der Waals surface area contributed by atoms with Crippen molar-refractivity contribution in [3.05, 3.63) is 66.1 Å². The highest BCUT2D eigenvalue weighted by Gasteiger charge is 2.37. The minimum atomic E-state index is -0.407. The van der Waals surface area contributed by atoms with Crippen molar-refractivity contribution in [1.29, 1.82) is 0 Å². The zero-order valence-corrected chi connectivity index (χ0v) is 18.0. The number of rotatable bonds is 5. The van der Waals surface area contributed by atoms with E-state index in [1.807, 2.05) is 36.4 Å². The number of amides is 2. The van der Waals surface area contributed by atoms with Crippen LogP contribution in [0.2, 0.25) is 0 Å². The van der Waals surface area contributed by atoms with Crippen LogP contribution in [-0.2, 0) is 16.2 Å². The summed E-state index contributed by atoms with van der Waals surface area (Å²) in [6, 6.07) is 13.3. The number of fused-ring (bicyclic) bond motifs is 1. The summed E-state index contributed by atoms with van der Waals surface area (Å²) in [7, 11) is 0. The molecule has 7 nitrogen and oxygen atoms in total. The molecule has 2 amide bonds. The summed E-state index contributed by atoms with van der Waals surface area (Å²) in [6.45, 7) is 1.47. The quantitative estimate of drug-likeness (QED) is 0.663. The van der Waals surface area contributed by atoms with Crippen LogP contribution < -0.4 is 5.73 Å². The van der Waals surface area contributed by atoms with Crippen LogP contribution in [0.4, 0.5) is 0 Å². The predicted octanol–water partition coefficient (Wildman–Crippen LogP) is 3.85. The molecule has 166 valence electrons. The van der Waals surface area contributed by atoms with Gasteiger partial charge in [-0.15, -0.1) is 0 Å². The van der Waals surface area contributed by atoms with Crippen molar-refractivity contribution in [2.45, 2.75) is 44.7 Å². The zero-order chi connectivity index (χ0) is 22.1. The van der Waals surface area contributed by atoms with Crippen molar-refractivity contribution in [3.8, 4) is 0 Å². The van der Waals surface area contributed by atoms with E-state index in [0.29, 0.717) is 18.1 Å². The van der Waals surface area contributed by atoms with Crippen LogP contribution in [0.3, 0.4) is 0 Å². The number of nitrogens with two attached hydrogens (primary N) is 1. The first kappa shape index (κ1) is 20.7. The molecule has 2 aliphatic rings. The molecule has 1 saturated heterocycles. The van der Waals surface area contributed by atoms with Gasteiger partial charge in [0.15, 0.2) is 0 Å². The molecule has 1 atom stereocenters. The topological polar surface area (TPSA) is 90.5 Å². The van der Waals surface area contributed by atoms with Gasteiger partial charge in [-0.3, -0.25) is 19.4 Å². The van der Waals surface area contributed by atoms with Gasteiger partial charge in [0, 0.05) is 47.7 Å². The van der Waals surface area contributed by atoms with Gasteiger partial charge in [0.2, 0.25) is 11.8 Å². The Labute approximate surface area is 187 Å². The summed E-state index contributed by atoms with van der Waals surface area (Å²) in [6.07, 6.45) is 8.40. The number of carbonyl (C=O) groups is 2. The fourth-order valence-electron chi connectivity index (χ4n) is 5.09. The van der Waals surface area contributed by atoms with E-state index in [-0.39, 0.29) is 17.9 Å². The Morgan fingerprint density at radius 3 is 2.66 bits per heavy atom. The number of benzene rings is 1. The van der Waals surface area contributed by atoms with Crippen LogP contribution in [0.25, 0.3) is 10.9 Å². The highest BCUT2D eigenvalue weighted by molar-refractivity contribution is 5.97. The Hall–Kier alpha value is -3.19. The molecule has 0 bridgehead atoms. The SMILES string of the molecule is NC(=O)c1ccc2c(ccn2C[C@H]2CC[C@H](C(=O)N3OCC[C@H]3c3ccccn3)CC2)c1. The molecule has 7 heteroatoms. The van der Waals surface area contributed by atoms with Gasteiger partial charge in [-0.05, 0) is 68.0 Å². The molecule has 3 heterocycles. The molecule has 0 radical (unpaired) electrons. The van der Waals surface area contributed by atoms with Crippen LogP contribution in [-0.4, -0.2) is 33.0 Å². The third-order valence-electron chi connectivity index (χ3n) is 6.86. The van der Waals surface area contributed by atoms with Crippen molar-refractivity contribution in [2.24, 2.45) is 17.6 Å². The molecule has 1 aliphatic carbocycles. The fourth-order valence-corrected chi connectivity index (χ4v) is 5.09. The van der Waals surface area contributed by atoms with Crippen molar-refractivity contribution < 1.29 is 14.4 Å². The number of hydrogen-bond acceptors (Lipinski definition) is 4. The summed E-state index contributed by atoms with van der Waals surface area (Å²) in [5.74, 6) is 0.226. The average molecular weight is 433 g/mol. The van der Waals surface area contributed by atoms with E-state index in [4.69, 9.17) is 10.6 Å². The Morgan fingerprint density at radius 1 is 1.06 bits per heavy atom. The molecule has 1 aromatic carbocycles. The summed E-state index contributed by atoms with van der Waals surface area (Å²) in [4.78, 5) is 34.8. The predicted molar refractivity (Wildman–Crippen MR) is 120 cm³/mol. The lowest BCUT2D eigenvalue weighted by atomic mass is 9.81. The standard InChI is InChI=1S/C25H28N4O3/c26-24(30)20-8-9-22-19(15-20)10-13-28(22)16-17-4-6-18(7-5-17)25(31)29-23(11-14-32-29)21-3-1-2-12-27-21/h1-3,8-10,12-13,15,17-18,23H,4-7,11,14,16H2,(H2,26,30)/t17-,18-,23-/m0/s1. The molecule has 1 saturated carbocycles. The van der Waals surface area contributed by atoms with Crippen LogP contribution in [0, 0.1) is 11.8 Å². The van der Waals surface area contributed by atoms with Gasteiger partial charge < -0.3 is 10.3 Å². The molecule has 32 heavy (non-hydrogen) atoms. The van der Waals surface area contributed by atoms with E-state index in [9.17, 15) is 9.59 Å². The zero-order valence-electron chi connectivity index (χ0n) is 18.0. The van der Waals surface area contributed by atoms with E-state index in [1.54, 1.807) is 17.3 Å². The molecule has 2 fully saturated rings. The van der Waals surface area contributed by atoms with Crippen LogP contribution in [0.1, 0.15) is 54.2 Å². The van der Waals surface area contributed by atoms with Gasteiger partial charge in [-0.25, -0.2) is 5.06 Å². The van der Waals surface area contributed by atoms with E-state index in [0.717, 1.165) is 55.2 Å². The number of pyridine rings is 1. The largest absolute Gasteiger partial charge is 0.366 e. The Bertz CT molecular complexity index is 1120. The second-order valence-corrected chi connectivity index (χ2v) is 8.88. The lowest BCUT2D eigenvalue weighted by Crippen LogP contribution is -2.37. The summed E-state index contributed by atoms with van der Waals surface area (Å²) in [5, 5.41) is 2.61. The smallest absolute Gasteiger partial charge is 0.249 e. The normalized spacial score (nSPS) is 23.5. The molecule has 5 rings (SSSR count). The van der Waals surface area contributed by atoms with E-state index >= 15 is 0 Å². The third-order valence-corrected chi connectivity index (χ3v) is 6.86. The molecule has 0 spiro atoms. The van der Waals surface area contributed by atoms with Crippen LogP contribution >= 0.6 is 0 Å². The molecule has 2 N–H and O–H groups in total. The second kappa shape index (κ2) is 8.74. The van der Waals surface area contributed by atoms with E-state index in [1.165, 1.54) is 0 Å². The third kappa shape index (κ3) is 4.00. The lowest BCUT2D eigenvalue weighted by Gasteiger charge is -2.32. The Balaban J connectivity index is 1.20. The number of hydroxylamine groups is 2. The number of nitrogens with zero attached hydrogens (tertiary/aromatic N) is 3. The Morgan fingerprint density at radius 2 is 1.91 bits per heavy atom. The number of carbonyl (C=O) groups excluding carboxylic acids is 2. The van der Waals surface area contributed by atoms with Gasteiger partial charge in [0.1, 0.15) is 6.04 Å².